The maximum absolute atomic E-state index is 13.3. The highest BCUT2D eigenvalue weighted by molar-refractivity contribution is 5.92. The van der Waals surface area contributed by atoms with E-state index in [0.717, 1.165) is 30.0 Å². The Morgan fingerprint density at radius 3 is 2.80 bits per heavy atom. The molecule has 9 heteroatoms. The molecule has 3 heterocycles. The van der Waals surface area contributed by atoms with Gasteiger partial charge >= 0.3 is 6.18 Å². The van der Waals surface area contributed by atoms with E-state index in [4.69, 9.17) is 9.47 Å². The van der Waals surface area contributed by atoms with Gasteiger partial charge in [0.15, 0.2) is 5.69 Å². The smallest absolute Gasteiger partial charge is 0.378 e. The second-order valence-electron chi connectivity index (χ2n) is 7.83. The first kappa shape index (κ1) is 20.9. The fraction of sp³-hybridized carbons (Fsp3) is 0.524. The van der Waals surface area contributed by atoms with E-state index in [2.05, 4.69) is 5.10 Å². The average Bonchev–Trinajstić information content (AvgIpc) is 3.23. The first-order valence-electron chi connectivity index (χ1n) is 10.1. The molecule has 2 aromatic rings. The standard InChI is InChI=1S/C21H24F3N3O3/c1-2-15-12-26(13-20(30-15)9-5-11-29-14-20)19(28)17-8-10-27(25-17)18-7-4-3-6-16(18)21(22,23)24/h3-4,6-8,10,15H,2,5,9,11-14H2,1H3. The zero-order chi connectivity index (χ0) is 21.4. The van der Waals surface area contributed by atoms with Gasteiger partial charge in [-0.3, -0.25) is 4.79 Å². The summed E-state index contributed by atoms with van der Waals surface area (Å²) in [7, 11) is 0. The Hall–Kier alpha value is -2.39. The fourth-order valence-electron chi connectivity index (χ4n) is 4.15. The highest BCUT2D eigenvalue weighted by Gasteiger charge is 2.43. The Balaban J connectivity index is 1.59. The summed E-state index contributed by atoms with van der Waals surface area (Å²) in [6, 6.07) is 6.62. The van der Waals surface area contributed by atoms with Crippen molar-refractivity contribution >= 4 is 5.91 Å². The molecule has 2 fully saturated rings. The van der Waals surface area contributed by atoms with E-state index < -0.39 is 17.3 Å². The van der Waals surface area contributed by atoms with Crippen LogP contribution >= 0.6 is 0 Å². The first-order valence-corrected chi connectivity index (χ1v) is 10.1. The maximum Gasteiger partial charge on any atom is 0.418 e. The van der Waals surface area contributed by atoms with Crippen molar-refractivity contribution in [2.45, 2.75) is 44.1 Å². The molecule has 30 heavy (non-hydrogen) atoms. The summed E-state index contributed by atoms with van der Waals surface area (Å²) in [4.78, 5) is 14.8. The number of morpholine rings is 1. The van der Waals surface area contributed by atoms with Gasteiger partial charge in [0, 0.05) is 19.3 Å². The lowest BCUT2D eigenvalue weighted by Crippen LogP contribution is -2.60. The van der Waals surface area contributed by atoms with Crippen LogP contribution < -0.4 is 0 Å². The summed E-state index contributed by atoms with van der Waals surface area (Å²) in [5.74, 6) is -0.315. The minimum Gasteiger partial charge on any atom is -0.378 e. The number of rotatable bonds is 3. The molecule has 2 unspecified atom stereocenters. The number of aromatic nitrogens is 2. The highest BCUT2D eigenvalue weighted by atomic mass is 19.4. The molecular weight excluding hydrogens is 399 g/mol. The third-order valence-electron chi connectivity index (χ3n) is 5.61. The van der Waals surface area contributed by atoms with Crippen molar-refractivity contribution in [3.05, 3.63) is 47.8 Å². The summed E-state index contributed by atoms with van der Waals surface area (Å²) in [6.07, 6.45) is -0.827. The second-order valence-corrected chi connectivity index (χ2v) is 7.83. The number of halogens is 3. The predicted molar refractivity (Wildman–Crippen MR) is 102 cm³/mol. The van der Waals surface area contributed by atoms with Crippen LogP contribution in [0.4, 0.5) is 13.2 Å². The number of benzene rings is 1. The molecule has 0 bridgehead atoms. The molecule has 2 aliphatic heterocycles. The highest BCUT2D eigenvalue weighted by Crippen LogP contribution is 2.34. The van der Waals surface area contributed by atoms with E-state index >= 15 is 0 Å². The number of nitrogens with zero attached hydrogens (tertiary/aromatic N) is 3. The molecule has 6 nitrogen and oxygen atoms in total. The van der Waals surface area contributed by atoms with E-state index in [1.54, 1.807) is 4.90 Å². The maximum atomic E-state index is 13.3. The Morgan fingerprint density at radius 1 is 1.30 bits per heavy atom. The SMILES string of the molecule is CCC1CN(C(=O)c2ccn(-c3ccccc3C(F)(F)F)n2)CC2(CCCOC2)O1. The minimum absolute atomic E-state index is 0.107. The van der Waals surface area contributed by atoms with Gasteiger partial charge in [0.25, 0.3) is 5.91 Å². The lowest BCUT2D eigenvalue weighted by Gasteiger charge is -2.47. The van der Waals surface area contributed by atoms with Crippen LogP contribution in [-0.4, -0.2) is 58.6 Å². The van der Waals surface area contributed by atoms with Crippen LogP contribution in [0.2, 0.25) is 0 Å². The molecule has 162 valence electrons. The van der Waals surface area contributed by atoms with Gasteiger partial charge in [-0.2, -0.15) is 18.3 Å². The van der Waals surface area contributed by atoms with Gasteiger partial charge in [0.05, 0.1) is 30.5 Å². The quantitative estimate of drug-likeness (QED) is 0.756. The van der Waals surface area contributed by atoms with Crippen molar-refractivity contribution in [3.63, 3.8) is 0 Å². The molecule has 1 spiro atoms. The fourth-order valence-corrected chi connectivity index (χ4v) is 4.15. The monoisotopic (exact) mass is 423 g/mol. The molecule has 4 rings (SSSR count). The number of ether oxygens (including phenoxy) is 2. The third-order valence-corrected chi connectivity index (χ3v) is 5.61. The minimum atomic E-state index is -4.52. The van der Waals surface area contributed by atoms with Crippen LogP contribution in [0.1, 0.15) is 42.2 Å². The van der Waals surface area contributed by atoms with Gasteiger partial charge < -0.3 is 14.4 Å². The van der Waals surface area contributed by atoms with Crippen LogP contribution in [0.5, 0.6) is 0 Å². The largest absolute Gasteiger partial charge is 0.418 e. The summed E-state index contributed by atoms with van der Waals surface area (Å²) >= 11 is 0. The Kier molecular flexibility index (Phi) is 5.59. The number of para-hydroxylation sites is 1. The van der Waals surface area contributed by atoms with Gasteiger partial charge in [-0.1, -0.05) is 19.1 Å². The zero-order valence-corrected chi connectivity index (χ0v) is 16.7. The topological polar surface area (TPSA) is 56.6 Å². The Bertz CT molecular complexity index is 906. The molecule has 1 amide bonds. The van der Waals surface area contributed by atoms with Crippen LogP contribution in [0, 0.1) is 0 Å². The van der Waals surface area contributed by atoms with Gasteiger partial charge in [-0.15, -0.1) is 0 Å². The molecule has 1 aromatic carbocycles. The van der Waals surface area contributed by atoms with Gasteiger partial charge in [-0.25, -0.2) is 4.68 Å². The van der Waals surface area contributed by atoms with Gasteiger partial charge in [0.1, 0.15) is 5.60 Å². The molecule has 0 aliphatic carbocycles. The first-order chi connectivity index (χ1) is 14.3. The van der Waals surface area contributed by atoms with Crippen molar-refractivity contribution in [2.24, 2.45) is 0 Å². The Labute approximate surface area is 172 Å². The third kappa shape index (κ3) is 4.09. The predicted octanol–water partition coefficient (Wildman–Crippen LogP) is 3.69. The van der Waals surface area contributed by atoms with Crippen molar-refractivity contribution in [3.8, 4) is 5.69 Å². The van der Waals surface area contributed by atoms with Crippen LogP contribution in [0.15, 0.2) is 36.5 Å². The number of hydrogen-bond acceptors (Lipinski definition) is 4. The van der Waals surface area contributed by atoms with Gasteiger partial charge in [0.2, 0.25) is 0 Å². The number of carbonyl (C=O) groups excluding carboxylic acids is 1. The van der Waals surface area contributed by atoms with Crippen LogP contribution in [0.25, 0.3) is 5.69 Å². The second kappa shape index (κ2) is 8.03. The lowest BCUT2D eigenvalue weighted by atomic mass is 9.92. The Morgan fingerprint density at radius 2 is 2.10 bits per heavy atom. The van der Waals surface area contributed by atoms with Crippen molar-refractivity contribution in [1.29, 1.82) is 0 Å². The van der Waals surface area contributed by atoms with Crippen molar-refractivity contribution in [1.82, 2.24) is 14.7 Å². The van der Waals surface area contributed by atoms with E-state index in [-0.39, 0.29) is 23.4 Å². The molecule has 2 atom stereocenters. The average molecular weight is 423 g/mol. The molecule has 2 aliphatic rings. The van der Waals surface area contributed by atoms with E-state index in [1.807, 2.05) is 6.92 Å². The molecule has 0 N–H and O–H groups in total. The molecule has 2 saturated heterocycles. The van der Waals surface area contributed by atoms with Gasteiger partial charge in [-0.05, 0) is 37.5 Å². The lowest BCUT2D eigenvalue weighted by molar-refractivity contribution is -0.193. The van der Waals surface area contributed by atoms with Crippen molar-refractivity contribution in [2.75, 3.05) is 26.3 Å². The van der Waals surface area contributed by atoms with Crippen LogP contribution in [-0.2, 0) is 15.7 Å². The summed E-state index contributed by atoms with van der Waals surface area (Å²) < 4.78 is 52.9. The summed E-state index contributed by atoms with van der Waals surface area (Å²) in [5.41, 5.74) is -1.34. The van der Waals surface area contributed by atoms with E-state index in [1.165, 1.54) is 30.5 Å². The van der Waals surface area contributed by atoms with E-state index in [0.29, 0.717) is 26.3 Å². The molecular formula is C21H24F3N3O3. The molecule has 0 radical (unpaired) electrons. The number of amides is 1. The molecule has 0 saturated carbocycles. The van der Waals surface area contributed by atoms with Crippen molar-refractivity contribution < 1.29 is 27.4 Å². The summed E-state index contributed by atoms with van der Waals surface area (Å²) in [6.45, 7) is 3.91. The van der Waals surface area contributed by atoms with Crippen LogP contribution in [0.3, 0.4) is 0 Å². The summed E-state index contributed by atoms with van der Waals surface area (Å²) in [5, 5.41) is 4.17. The zero-order valence-electron chi connectivity index (χ0n) is 16.7. The van der Waals surface area contributed by atoms with E-state index in [9.17, 15) is 18.0 Å². The normalized spacial score (nSPS) is 24.9. The number of carbonyl (C=O) groups is 1. The molecule has 1 aromatic heterocycles. The number of hydrogen-bond donors (Lipinski definition) is 0. The number of alkyl halides is 3.